The molecule has 1 N–H and O–H groups in total. The van der Waals surface area contributed by atoms with E-state index in [1.807, 2.05) is 0 Å². The van der Waals surface area contributed by atoms with Crippen molar-refractivity contribution in [2.75, 3.05) is 0 Å². The number of rotatable bonds is 9. The molecule has 1 aromatic heterocycles. The van der Waals surface area contributed by atoms with Crippen LogP contribution in [0.5, 0.6) is 0 Å². The van der Waals surface area contributed by atoms with Crippen molar-refractivity contribution in [1.82, 2.24) is 4.98 Å². The Morgan fingerprint density at radius 1 is 1.05 bits per heavy atom. The fourth-order valence-electron chi connectivity index (χ4n) is 2.92. The van der Waals surface area contributed by atoms with Crippen molar-refractivity contribution in [3.63, 3.8) is 0 Å². The van der Waals surface area contributed by atoms with Crippen LogP contribution in [0.3, 0.4) is 0 Å². The lowest BCUT2D eigenvalue weighted by molar-refractivity contribution is 0.610. The number of allylic oxidation sites excluding steroid dienone is 2. The van der Waals surface area contributed by atoms with E-state index in [0.717, 1.165) is 6.42 Å². The maximum Gasteiger partial charge on any atom is 0.0456 e. The molecule has 0 saturated heterocycles. The van der Waals surface area contributed by atoms with Crippen LogP contribution in [0.25, 0.3) is 10.9 Å². The summed E-state index contributed by atoms with van der Waals surface area (Å²) < 4.78 is 0. The monoisotopic (exact) mass is 283 g/mol. The Labute approximate surface area is 129 Å². The molecule has 2 rings (SSSR count). The minimum atomic E-state index is 1.07. The van der Waals surface area contributed by atoms with Gasteiger partial charge in [-0.05, 0) is 37.8 Å². The molecule has 1 nitrogen and oxygen atoms in total. The Morgan fingerprint density at radius 2 is 1.81 bits per heavy atom. The highest BCUT2D eigenvalue weighted by Crippen LogP contribution is 2.20. The van der Waals surface area contributed by atoms with Crippen molar-refractivity contribution in [2.24, 2.45) is 0 Å². The number of para-hydroxylation sites is 1. The van der Waals surface area contributed by atoms with Gasteiger partial charge in [-0.1, -0.05) is 68.9 Å². The molecule has 0 atom stereocenters. The molecule has 1 heteroatoms. The summed E-state index contributed by atoms with van der Waals surface area (Å²) in [6.45, 7) is 4.54. The van der Waals surface area contributed by atoms with Gasteiger partial charge in [0.05, 0.1) is 0 Å². The zero-order valence-corrected chi connectivity index (χ0v) is 13.6. The normalized spacial score (nSPS) is 12.2. The Balaban J connectivity index is 1.76. The average Bonchev–Trinajstić information content (AvgIpc) is 2.90. The zero-order chi connectivity index (χ0) is 14.9. The molecular formula is C20H29N. The van der Waals surface area contributed by atoms with Crippen LogP contribution in [-0.2, 0) is 6.42 Å². The van der Waals surface area contributed by atoms with E-state index in [0.29, 0.717) is 0 Å². The molecule has 0 bridgehead atoms. The number of unbranched alkanes of at least 4 members (excludes halogenated alkanes) is 6. The average molecular weight is 283 g/mol. The maximum atomic E-state index is 3.36. The van der Waals surface area contributed by atoms with E-state index in [1.165, 1.54) is 67.0 Å². The number of nitrogens with one attached hydrogen (secondary N) is 1. The lowest BCUT2D eigenvalue weighted by atomic mass is 10.0. The van der Waals surface area contributed by atoms with Gasteiger partial charge in [-0.25, -0.2) is 0 Å². The first kappa shape index (κ1) is 15.9. The smallest absolute Gasteiger partial charge is 0.0456 e. The van der Waals surface area contributed by atoms with Gasteiger partial charge in [0.15, 0.2) is 0 Å². The molecule has 21 heavy (non-hydrogen) atoms. The first-order valence-electron chi connectivity index (χ1n) is 8.52. The molecule has 0 unspecified atom stereocenters. The molecule has 0 aliphatic heterocycles. The van der Waals surface area contributed by atoms with E-state index in [-0.39, 0.29) is 0 Å². The number of hydrogen-bond donors (Lipinski definition) is 1. The van der Waals surface area contributed by atoms with E-state index in [4.69, 9.17) is 0 Å². The van der Waals surface area contributed by atoms with Crippen LogP contribution in [0.4, 0.5) is 0 Å². The van der Waals surface area contributed by atoms with Crippen LogP contribution >= 0.6 is 0 Å². The molecule has 1 aromatic carbocycles. The largest absolute Gasteiger partial charge is 0.361 e. The summed E-state index contributed by atoms with van der Waals surface area (Å²) in [5.74, 6) is 0. The van der Waals surface area contributed by atoms with Crippen molar-refractivity contribution < 1.29 is 0 Å². The summed E-state index contributed by atoms with van der Waals surface area (Å²) in [6, 6.07) is 8.56. The topological polar surface area (TPSA) is 15.8 Å². The Morgan fingerprint density at radius 3 is 2.67 bits per heavy atom. The Bertz CT molecular complexity index is 562. The van der Waals surface area contributed by atoms with E-state index in [1.54, 1.807) is 0 Å². The number of aromatic nitrogens is 1. The number of benzene rings is 1. The van der Waals surface area contributed by atoms with Crippen LogP contribution in [-0.4, -0.2) is 4.98 Å². The van der Waals surface area contributed by atoms with Gasteiger partial charge < -0.3 is 4.98 Å². The molecular weight excluding hydrogens is 254 g/mol. The minimum Gasteiger partial charge on any atom is -0.361 e. The van der Waals surface area contributed by atoms with Crippen molar-refractivity contribution in [2.45, 2.75) is 65.2 Å². The van der Waals surface area contributed by atoms with E-state index >= 15 is 0 Å². The third-order valence-corrected chi connectivity index (χ3v) is 4.19. The summed E-state index contributed by atoms with van der Waals surface area (Å²) in [5, 5.41) is 1.37. The molecule has 2 aromatic rings. The zero-order valence-electron chi connectivity index (χ0n) is 13.6. The van der Waals surface area contributed by atoms with Gasteiger partial charge in [-0.2, -0.15) is 0 Å². The molecule has 0 aliphatic carbocycles. The fraction of sp³-hybridized carbons (Fsp3) is 0.500. The van der Waals surface area contributed by atoms with Gasteiger partial charge in [0.2, 0.25) is 0 Å². The van der Waals surface area contributed by atoms with Crippen LogP contribution in [0, 0.1) is 0 Å². The van der Waals surface area contributed by atoms with Crippen LogP contribution in [0.2, 0.25) is 0 Å². The van der Waals surface area contributed by atoms with E-state index in [2.05, 4.69) is 55.4 Å². The van der Waals surface area contributed by atoms with Gasteiger partial charge in [0.1, 0.15) is 0 Å². The highest BCUT2D eigenvalue weighted by Gasteiger charge is 2.03. The number of hydrogen-bond acceptors (Lipinski definition) is 0. The number of H-pyrrole nitrogens is 1. The van der Waals surface area contributed by atoms with Crippen LogP contribution < -0.4 is 0 Å². The first-order valence-corrected chi connectivity index (χ1v) is 8.52. The molecule has 0 fully saturated rings. The quantitative estimate of drug-likeness (QED) is 0.404. The molecule has 0 radical (unpaired) electrons. The molecule has 0 amide bonds. The van der Waals surface area contributed by atoms with Gasteiger partial charge in [-0.15, -0.1) is 0 Å². The minimum absolute atomic E-state index is 1.07. The van der Waals surface area contributed by atoms with Crippen molar-refractivity contribution >= 4 is 10.9 Å². The maximum absolute atomic E-state index is 3.36. The second-order valence-electron chi connectivity index (χ2n) is 6.14. The van der Waals surface area contributed by atoms with Crippen molar-refractivity contribution in [3.8, 4) is 0 Å². The van der Waals surface area contributed by atoms with Crippen molar-refractivity contribution in [1.29, 1.82) is 0 Å². The van der Waals surface area contributed by atoms with E-state index in [9.17, 15) is 0 Å². The van der Waals surface area contributed by atoms with Crippen LogP contribution in [0.15, 0.2) is 42.1 Å². The number of fused-ring (bicyclic) bond motifs is 1. The summed E-state index contributed by atoms with van der Waals surface area (Å²) in [5.41, 5.74) is 4.16. The number of aromatic amines is 1. The highest BCUT2D eigenvalue weighted by atomic mass is 14.7. The molecule has 0 spiro atoms. The summed E-state index contributed by atoms with van der Waals surface area (Å²) in [7, 11) is 0. The highest BCUT2D eigenvalue weighted by molar-refractivity contribution is 5.83. The second kappa shape index (κ2) is 8.71. The van der Waals surface area contributed by atoms with Crippen molar-refractivity contribution in [3.05, 3.63) is 47.7 Å². The predicted molar refractivity (Wildman–Crippen MR) is 93.8 cm³/mol. The Hall–Kier alpha value is -1.50. The molecule has 0 aliphatic rings. The standard InChI is InChI=1S/C20H29N/c1-3-4-5-6-7-8-9-12-17(2)15-18-16-21-20-14-11-10-13-19(18)20/h10-14,16,21H,3-9,15H2,1-2H3/b17-12+. The first-order chi connectivity index (χ1) is 10.3. The third-order valence-electron chi connectivity index (χ3n) is 4.19. The van der Waals surface area contributed by atoms with Gasteiger partial charge in [0.25, 0.3) is 0 Å². The third kappa shape index (κ3) is 5.08. The molecule has 1 heterocycles. The second-order valence-corrected chi connectivity index (χ2v) is 6.14. The van der Waals surface area contributed by atoms with Gasteiger partial charge in [0, 0.05) is 17.1 Å². The van der Waals surface area contributed by atoms with E-state index < -0.39 is 0 Å². The Kier molecular flexibility index (Phi) is 6.59. The predicted octanol–water partition coefficient (Wildman–Crippen LogP) is 6.41. The summed E-state index contributed by atoms with van der Waals surface area (Å²) >= 11 is 0. The molecule has 114 valence electrons. The summed E-state index contributed by atoms with van der Waals surface area (Å²) in [6.07, 6.45) is 15.2. The molecule has 0 saturated carbocycles. The van der Waals surface area contributed by atoms with Crippen LogP contribution in [0.1, 0.15) is 64.4 Å². The fourth-order valence-corrected chi connectivity index (χ4v) is 2.92. The lowest BCUT2D eigenvalue weighted by Crippen LogP contribution is -1.86. The SMILES string of the molecule is CCCCCCCC/C=C(\C)Cc1c[nH]c2ccccc12. The lowest BCUT2D eigenvalue weighted by Gasteiger charge is -2.02. The summed E-state index contributed by atoms with van der Waals surface area (Å²) in [4.78, 5) is 3.36. The van der Waals surface area contributed by atoms with Gasteiger partial charge in [-0.3, -0.25) is 0 Å². The van der Waals surface area contributed by atoms with Gasteiger partial charge >= 0.3 is 0 Å².